The maximum Gasteiger partial charge on any atom is 0.323 e. The topological polar surface area (TPSA) is 67.4 Å². The third-order valence-electron chi connectivity index (χ3n) is 3.57. The second kappa shape index (κ2) is 8.48. The molecule has 5 nitrogen and oxygen atoms in total. The van der Waals surface area contributed by atoms with Crippen LogP contribution in [0.1, 0.15) is 5.56 Å². The number of amides is 2. The monoisotopic (exact) mass is 346 g/mol. The quantitative estimate of drug-likeness (QED) is 0.529. The van der Waals surface area contributed by atoms with Gasteiger partial charge in [0.15, 0.2) is 0 Å². The van der Waals surface area contributed by atoms with E-state index in [2.05, 4.69) is 10.6 Å². The maximum absolute atomic E-state index is 11.9. The molecule has 130 valence electrons. The van der Waals surface area contributed by atoms with Gasteiger partial charge in [-0.15, -0.1) is 0 Å². The van der Waals surface area contributed by atoms with E-state index >= 15 is 0 Å². The number of benzene rings is 3. The van der Waals surface area contributed by atoms with E-state index in [1.54, 1.807) is 36.4 Å². The summed E-state index contributed by atoms with van der Waals surface area (Å²) in [6.07, 6.45) is 0.209. The van der Waals surface area contributed by atoms with Gasteiger partial charge < -0.3 is 15.4 Å². The average Bonchev–Trinajstić information content (AvgIpc) is 2.65. The molecule has 26 heavy (non-hydrogen) atoms. The number of anilines is 2. The molecule has 2 amide bonds. The fraction of sp³-hybridized carbons (Fsp3) is 0.0476. The molecule has 0 aromatic heterocycles. The maximum atomic E-state index is 11.9. The van der Waals surface area contributed by atoms with Gasteiger partial charge in [-0.05, 0) is 42.0 Å². The normalized spacial score (nSPS) is 10.0. The van der Waals surface area contributed by atoms with Crippen molar-refractivity contribution in [3.05, 3.63) is 90.5 Å². The molecule has 0 fully saturated rings. The van der Waals surface area contributed by atoms with Gasteiger partial charge in [-0.25, -0.2) is 4.79 Å². The molecule has 0 aliphatic heterocycles. The zero-order chi connectivity index (χ0) is 18.2. The summed E-state index contributed by atoms with van der Waals surface area (Å²) in [4.78, 5) is 23.9. The van der Waals surface area contributed by atoms with Crippen LogP contribution in [-0.4, -0.2) is 12.0 Å². The molecule has 3 rings (SSSR count). The van der Waals surface area contributed by atoms with Gasteiger partial charge in [0.05, 0.1) is 6.42 Å². The Bertz CT molecular complexity index is 788. The zero-order valence-electron chi connectivity index (χ0n) is 14.0. The van der Waals surface area contributed by atoms with Crippen molar-refractivity contribution in [1.82, 2.24) is 0 Å². The molecular formula is C21H18N2O3. The SMILES string of the molecule is O=C(Nc1ccccc1)Nc1ccc(OC(=O)Cc2ccccc2)cc1. The van der Waals surface area contributed by atoms with E-state index in [0.29, 0.717) is 17.1 Å². The molecule has 3 aromatic rings. The lowest BCUT2D eigenvalue weighted by Gasteiger charge is -2.09. The van der Waals surface area contributed by atoms with E-state index in [9.17, 15) is 9.59 Å². The van der Waals surface area contributed by atoms with Crippen LogP contribution in [0.25, 0.3) is 0 Å². The summed E-state index contributed by atoms with van der Waals surface area (Å²) in [5.74, 6) is 0.0960. The van der Waals surface area contributed by atoms with E-state index in [4.69, 9.17) is 4.74 Å². The number of nitrogens with one attached hydrogen (secondary N) is 2. The third kappa shape index (κ3) is 5.21. The van der Waals surface area contributed by atoms with Gasteiger partial charge in [-0.2, -0.15) is 0 Å². The Hall–Kier alpha value is -3.60. The number of hydrogen-bond donors (Lipinski definition) is 2. The molecule has 0 bridgehead atoms. The van der Waals surface area contributed by atoms with Crippen LogP contribution in [0.3, 0.4) is 0 Å². The second-order valence-electron chi connectivity index (χ2n) is 5.61. The number of carbonyl (C=O) groups is 2. The Balaban J connectivity index is 1.51. The lowest BCUT2D eigenvalue weighted by atomic mass is 10.2. The summed E-state index contributed by atoms with van der Waals surface area (Å²) in [6.45, 7) is 0. The first kappa shape index (κ1) is 17.2. The first-order chi connectivity index (χ1) is 12.7. The smallest absolute Gasteiger partial charge is 0.323 e. The van der Waals surface area contributed by atoms with Crippen LogP contribution in [0.5, 0.6) is 5.75 Å². The summed E-state index contributed by atoms with van der Waals surface area (Å²) in [6, 6.07) is 24.9. The van der Waals surface area contributed by atoms with Gasteiger partial charge in [-0.1, -0.05) is 48.5 Å². The van der Waals surface area contributed by atoms with Crippen molar-refractivity contribution in [2.75, 3.05) is 10.6 Å². The van der Waals surface area contributed by atoms with Crippen LogP contribution in [0.4, 0.5) is 16.2 Å². The number of para-hydroxylation sites is 1. The van der Waals surface area contributed by atoms with Gasteiger partial charge in [0.25, 0.3) is 0 Å². The lowest BCUT2D eigenvalue weighted by Crippen LogP contribution is -2.19. The summed E-state index contributed by atoms with van der Waals surface area (Å²) in [7, 11) is 0. The molecule has 3 aromatic carbocycles. The number of urea groups is 1. The number of ether oxygens (including phenoxy) is 1. The van der Waals surface area contributed by atoms with Crippen molar-refractivity contribution in [2.24, 2.45) is 0 Å². The van der Waals surface area contributed by atoms with Crippen molar-refractivity contribution in [1.29, 1.82) is 0 Å². The minimum atomic E-state index is -0.343. The van der Waals surface area contributed by atoms with Crippen LogP contribution >= 0.6 is 0 Å². The molecule has 0 spiro atoms. The first-order valence-corrected chi connectivity index (χ1v) is 8.17. The van der Waals surface area contributed by atoms with Crippen molar-refractivity contribution in [3.8, 4) is 5.75 Å². The summed E-state index contributed by atoms with van der Waals surface area (Å²) < 4.78 is 5.31. The average molecular weight is 346 g/mol. The fourth-order valence-electron chi connectivity index (χ4n) is 2.35. The Morgan fingerprint density at radius 2 is 1.23 bits per heavy atom. The zero-order valence-corrected chi connectivity index (χ0v) is 14.0. The van der Waals surface area contributed by atoms with Crippen LogP contribution in [0.2, 0.25) is 0 Å². The van der Waals surface area contributed by atoms with Crippen LogP contribution < -0.4 is 15.4 Å². The Morgan fingerprint density at radius 3 is 1.85 bits per heavy atom. The standard InChI is InChI=1S/C21H18N2O3/c24-20(15-16-7-3-1-4-8-16)26-19-13-11-18(12-14-19)23-21(25)22-17-9-5-2-6-10-17/h1-14H,15H2,(H2,22,23,25). The number of rotatable bonds is 5. The Labute approximate surface area is 151 Å². The minimum absolute atomic E-state index is 0.209. The Kier molecular flexibility index (Phi) is 5.62. The number of carbonyl (C=O) groups excluding carboxylic acids is 2. The van der Waals surface area contributed by atoms with Gasteiger partial charge in [0, 0.05) is 11.4 Å². The Morgan fingerprint density at radius 1 is 0.692 bits per heavy atom. The van der Waals surface area contributed by atoms with E-state index in [1.165, 1.54) is 0 Å². The molecule has 0 aliphatic carbocycles. The lowest BCUT2D eigenvalue weighted by molar-refractivity contribution is -0.133. The van der Waals surface area contributed by atoms with E-state index in [0.717, 1.165) is 5.56 Å². The highest BCUT2D eigenvalue weighted by molar-refractivity contribution is 5.99. The molecular weight excluding hydrogens is 328 g/mol. The molecule has 0 radical (unpaired) electrons. The molecule has 0 saturated heterocycles. The van der Waals surface area contributed by atoms with Gasteiger partial charge >= 0.3 is 12.0 Å². The molecule has 0 unspecified atom stereocenters. The predicted octanol–water partition coefficient (Wildman–Crippen LogP) is 4.48. The van der Waals surface area contributed by atoms with Crippen molar-refractivity contribution < 1.29 is 14.3 Å². The first-order valence-electron chi connectivity index (χ1n) is 8.17. The predicted molar refractivity (Wildman–Crippen MR) is 101 cm³/mol. The summed E-state index contributed by atoms with van der Waals surface area (Å²) >= 11 is 0. The highest BCUT2D eigenvalue weighted by Crippen LogP contribution is 2.17. The van der Waals surface area contributed by atoms with Crippen molar-refractivity contribution in [2.45, 2.75) is 6.42 Å². The van der Waals surface area contributed by atoms with E-state index < -0.39 is 0 Å². The van der Waals surface area contributed by atoms with E-state index in [1.807, 2.05) is 48.5 Å². The van der Waals surface area contributed by atoms with Gasteiger partial charge in [-0.3, -0.25) is 4.79 Å². The highest BCUT2D eigenvalue weighted by atomic mass is 16.5. The van der Waals surface area contributed by atoms with Crippen LogP contribution in [0, 0.1) is 0 Å². The van der Waals surface area contributed by atoms with Gasteiger partial charge in [0.1, 0.15) is 5.75 Å². The summed E-state index contributed by atoms with van der Waals surface area (Å²) in [5.41, 5.74) is 2.20. The molecule has 0 aliphatic rings. The van der Waals surface area contributed by atoms with Crippen molar-refractivity contribution >= 4 is 23.4 Å². The van der Waals surface area contributed by atoms with Crippen LogP contribution in [0.15, 0.2) is 84.9 Å². The second-order valence-corrected chi connectivity index (χ2v) is 5.61. The molecule has 0 atom stereocenters. The number of hydrogen-bond acceptors (Lipinski definition) is 3. The minimum Gasteiger partial charge on any atom is -0.426 e. The third-order valence-corrected chi connectivity index (χ3v) is 3.57. The molecule has 2 N–H and O–H groups in total. The molecule has 5 heteroatoms. The van der Waals surface area contributed by atoms with Gasteiger partial charge in [0.2, 0.25) is 0 Å². The van der Waals surface area contributed by atoms with Crippen molar-refractivity contribution in [3.63, 3.8) is 0 Å². The molecule has 0 saturated carbocycles. The number of esters is 1. The highest BCUT2D eigenvalue weighted by Gasteiger charge is 2.07. The molecule has 0 heterocycles. The van der Waals surface area contributed by atoms with E-state index in [-0.39, 0.29) is 18.4 Å². The van der Waals surface area contributed by atoms with Crippen LogP contribution in [-0.2, 0) is 11.2 Å². The fourth-order valence-corrected chi connectivity index (χ4v) is 2.35. The largest absolute Gasteiger partial charge is 0.426 e. The summed E-state index contributed by atoms with van der Waals surface area (Å²) in [5, 5.41) is 5.45.